The third-order valence-electron chi connectivity index (χ3n) is 1.95. The summed E-state index contributed by atoms with van der Waals surface area (Å²) in [5.74, 6) is -0.401. The van der Waals surface area contributed by atoms with Crippen LogP contribution in [0.3, 0.4) is 0 Å². The SMILES string of the molecule is C[C@H](O)CCc1c(Br)ccc(Cl)c1F. The van der Waals surface area contributed by atoms with Gasteiger partial charge in [0.25, 0.3) is 0 Å². The van der Waals surface area contributed by atoms with Gasteiger partial charge < -0.3 is 5.11 Å². The number of hydrogen-bond acceptors (Lipinski definition) is 1. The van der Waals surface area contributed by atoms with Crippen molar-refractivity contribution in [3.63, 3.8) is 0 Å². The molecule has 1 atom stereocenters. The lowest BCUT2D eigenvalue weighted by Crippen LogP contribution is -2.03. The van der Waals surface area contributed by atoms with Crippen LogP contribution in [0.5, 0.6) is 0 Å². The Bertz CT molecular complexity index is 328. The fraction of sp³-hybridized carbons (Fsp3) is 0.400. The van der Waals surface area contributed by atoms with E-state index < -0.39 is 11.9 Å². The maximum Gasteiger partial charge on any atom is 0.146 e. The number of aliphatic hydroxyl groups is 1. The molecule has 0 amide bonds. The molecule has 1 aromatic carbocycles. The van der Waals surface area contributed by atoms with Crippen LogP contribution in [0.1, 0.15) is 18.9 Å². The van der Waals surface area contributed by atoms with E-state index in [1.54, 1.807) is 13.0 Å². The maximum absolute atomic E-state index is 13.5. The molecule has 0 heterocycles. The molecule has 0 saturated carbocycles. The van der Waals surface area contributed by atoms with Gasteiger partial charge in [-0.05, 0) is 31.9 Å². The van der Waals surface area contributed by atoms with Gasteiger partial charge in [-0.2, -0.15) is 0 Å². The maximum atomic E-state index is 13.5. The van der Waals surface area contributed by atoms with Crippen LogP contribution in [0.2, 0.25) is 5.02 Å². The van der Waals surface area contributed by atoms with Crippen LogP contribution in [0.25, 0.3) is 0 Å². The molecule has 1 rings (SSSR count). The van der Waals surface area contributed by atoms with E-state index in [4.69, 9.17) is 16.7 Å². The Kier molecular flexibility index (Phi) is 4.35. The molecule has 14 heavy (non-hydrogen) atoms. The Hall–Kier alpha value is -0.120. The number of hydrogen-bond donors (Lipinski definition) is 1. The Labute approximate surface area is 96.0 Å². The van der Waals surface area contributed by atoms with E-state index >= 15 is 0 Å². The van der Waals surface area contributed by atoms with Gasteiger partial charge in [0, 0.05) is 10.0 Å². The highest BCUT2D eigenvalue weighted by molar-refractivity contribution is 9.10. The van der Waals surface area contributed by atoms with Gasteiger partial charge in [0.1, 0.15) is 5.82 Å². The first kappa shape index (κ1) is 12.0. The summed E-state index contributed by atoms with van der Waals surface area (Å²) < 4.78 is 14.2. The first-order valence-corrected chi connectivity index (χ1v) is 5.50. The van der Waals surface area contributed by atoms with Crippen molar-refractivity contribution >= 4 is 27.5 Å². The van der Waals surface area contributed by atoms with E-state index in [0.29, 0.717) is 22.9 Å². The second-order valence-electron chi connectivity index (χ2n) is 3.21. The second kappa shape index (κ2) is 5.10. The van der Waals surface area contributed by atoms with Crippen LogP contribution < -0.4 is 0 Å². The van der Waals surface area contributed by atoms with Gasteiger partial charge in [0.05, 0.1) is 11.1 Å². The third kappa shape index (κ3) is 2.94. The average Bonchev–Trinajstić information content (AvgIpc) is 2.11. The van der Waals surface area contributed by atoms with E-state index in [1.165, 1.54) is 6.07 Å². The van der Waals surface area contributed by atoms with Crippen molar-refractivity contribution in [1.29, 1.82) is 0 Å². The first-order valence-electron chi connectivity index (χ1n) is 4.32. The quantitative estimate of drug-likeness (QED) is 0.840. The molecule has 0 aliphatic carbocycles. The van der Waals surface area contributed by atoms with E-state index in [9.17, 15) is 4.39 Å². The van der Waals surface area contributed by atoms with Crippen molar-refractivity contribution in [2.45, 2.75) is 25.9 Å². The molecule has 1 nitrogen and oxygen atoms in total. The molecule has 4 heteroatoms. The molecule has 0 spiro atoms. The molecule has 1 N–H and O–H groups in total. The van der Waals surface area contributed by atoms with Crippen molar-refractivity contribution in [1.82, 2.24) is 0 Å². The largest absolute Gasteiger partial charge is 0.393 e. The molecule has 0 radical (unpaired) electrons. The van der Waals surface area contributed by atoms with Crippen LogP contribution >= 0.6 is 27.5 Å². The zero-order chi connectivity index (χ0) is 10.7. The van der Waals surface area contributed by atoms with Crippen molar-refractivity contribution in [2.75, 3.05) is 0 Å². The summed E-state index contributed by atoms with van der Waals surface area (Å²) in [4.78, 5) is 0. The summed E-state index contributed by atoms with van der Waals surface area (Å²) in [6.45, 7) is 1.68. The summed E-state index contributed by atoms with van der Waals surface area (Å²) in [6.07, 6.45) is 0.570. The van der Waals surface area contributed by atoms with Gasteiger partial charge in [0.2, 0.25) is 0 Å². The molecule has 0 aromatic heterocycles. The predicted octanol–water partition coefficient (Wildman–Crippen LogP) is 3.56. The molecule has 1 aromatic rings. The highest BCUT2D eigenvalue weighted by Gasteiger charge is 2.11. The summed E-state index contributed by atoms with van der Waals surface area (Å²) in [5.41, 5.74) is 0.526. The minimum atomic E-state index is -0.430. The lowest BCUT2D eigenvalue weighted by Gasteiger charge is -2.08. The molecule has 0 saturated heterocycles. The van der Waals surface area contributed by atoms with Gasteiger partial charge in [-0.15, -0.1) is 0 Å². The normalized spacial score (nSPS) is 12.9. The zero-order valence-electron chi connectivity index (χ0n) is 7.73. The molecular formula is C10H11BrClFO. The van der Waals surface area contributed by atoms with Gasteiger partial charge >= 0.3 is 0 Å². The zero-order valence-corrected chi connectivity index (χ0v) is 10.1. The second-order valence-corrected chi connectivity index (χ2v) is 4.47. The number of benzene rings is 1. The van der Waals surface area contributed by atoms with E-state index in [-0.39, 0.29) is 5.02 Å². The lowest BCUT2D eigenvalue weighted by atomic mass is 10.1. The molecule has 78 valence electrons. The summed E-state index contributed by atoms with van der Waals surface area (Å²) in [7, 11) is 0. The Morgan fingerprint density at radius 3 is 2.79 bits per heavy atom. The van der Waals surface area contributed by atoms with Crippen LogP contribution in [0, 0.1) is 5.82 Å². The Morgan fingerprint density at radius 1 is 1.57 bits per heavy atom. The summed E-state index contributed by atoms with van der Waals surface area (Å²) in [6, 6.07) is 3.22. The Morgan fingerprint density at radius 2 is 2.21 bits per heavy atom. The third-order valence-corrected chi connectivity index (χ3v) is 2.99. The van der Waals surface area contributed by atoms with E-state index in [1.807, 2.05) is 0 Å². The van der Waals surface area contributed by atoms with Crippen molar-refractivity contribution in [2.24, 2.45) is 0 Å². The van der Waals surface area contributed by atoms with Crippen LogP contribution in [0.4, 0.5) is 4.39 Å². The van der Waals surface area contributed by atoms with Gasteiger partial charge in [-0.1, -0.05) is 27.5 Å². The van der Waals surface area contributed by atoms with Crippen LogP contribution in [-0.4, -0.2) is 11.2 Å². The summed E-state index contributed by atoms with van der Waals surface area (Å²) in [5, 5.41) is 9.21. The minimum absolute atomic E-state index is 0.119. The fourth-order valence-corrected chi connectivity index (χ4v) is 1.83. The highest BCUT2D eigenvalue weighted by atomic mass is 79.9. The van der Waals surface area contributed by atoms with Gasteiger partial charge in [-0.3, -0.25) is 0 Å². The van der Waals surface area contributed by atoms with Gasteiger partial charge in [-0.25, -0.2) is 4.39 Å². The molecule has 0 bridgehead atoms. The Balaban J connectivity index is 2.89. The number of rotatable bonds is 3. The van der Waals surface area contributed by atoms with Crippen molar-refractivity contribution < 1.29 is 9.50 Å². The minimum Gasteiger partial charge on any atom is -0.393 e. The monoisotopic (exact) mass is 280 g/mol. The standard InChI is InChI=1S/C10H11BrClFO/c1-6(14)2-3-7-8(11)4-5-9(12)10(7)13/h4-6,14H,2-3H2,1H3/t6-/m0/s1. The summed E-state index contributed by atoms with van der Waals surface area (Å²) >= 11 is 8.89. The van der Waals surface area contributed by atoms with E-state index in [0.717, 1.165) is 0 Å². The molecule has 0 unspecified atom stereocenters. The molecule has 0 aliphatic rings. The van der Waals surface area contributed by atoms with Crippen molar-refractivity contribution in [3.8, 4) is 0 Å². The average molecular weight is 282 g/mol. The fourth-order valence-electron chi connectivity index (χ4n) is 1.15. The predicted molar refractivity (Wildman–Crippen MR) is 59.1 cm³/mol. The van der Waals surface area contributed by atoms with Crippen LogP contribution in [-0.2, 0) is 6.42 Å². The number of halogens is 3. The van der Waals surface area contributed by atoms with Crippen molar-refractivity contribution in [3.05, 3.63) is 33.0 Å². The first-order chi connectivity index (χ1) is 6.52. The highest BCUT2D eigenvalue weighted by Crippen LogP contribution is 2.27. The molecule has 0 aliphatic heterocycles. The molecular weight excluding hydrogens is 270 g/mol. The van der Waals surface area contributed by atoms with E-state index in [2.05, 4.69) is 15.9 Å². The van der Waals surface area contributed by atoms with Gasteiger partial charge in [0.15, 0.2) is 0 Å². The molecule has 0 fully saturated rings. The van der Waals surface area contributed by atoms with Crippen LogP contribution in [0.15, 0.2) is 16.6 Å². The number of aliphatic hydroxyl groups excluding tert-OH is 1. The topological polar surface area (TPSA) is 20.2 Å². The lowest BCUT2D eigenvalue weighted by molar-refractivity contribution is 0.184. The smallest absolute Gasteiger partial charge is 0.146 e.